The number of hydrogen-bond acceptors (Lipinski definition) is 11. The van der Waals surface area contributed by atoms with Crippen molar-refractivity contribution in [1.82, 2.24) is 10.2 Å². The number of alkyl carbamates (subject to hydrolysis) is 1. The first-order valence-electron chi connectivity index (χ1n) is 18.3. The smallest absolute Gasteiger partial charge is 0.409 e. The van der Waals surface area contributed by atoms with Gasteiger partial charge in [-0.3, -0.25) is 19.7 Å². The average molecular weight is 796 g/mol. The van der Waals surface area contributed by atoms with Crippen molar-refractivity contribution < 1.29 is 52.8 Å². The molecule has 3 heterocycles. The molecule has 3 aliphatic heterocycles. The fourth-order valence-electron chi connectivity index (χ4n) is 7.23. The molecule has 0 aromatic heterocycles. The lowest BCUT2D eigenvalue weighted by Gasteiger charge is -2.42. The fourth-order valence-corrected chi connectivity index (χ4v) is 7.54. The van der Waals surface area contributed by atoms with Crippen molar-refractivity contribution in [3.05, 3.63) is 81.9 Å². The van der Waals surface area contributed by atoms with Crippen LogP contribution in [0, 0.1) is 5.92 Å². The van der Waals surface area contributed by atoms with Gasteiger partial charge in [0.1, 0.15) is 40.7 Å². The van der Waals surface area contributed by atoms with Gasteiger partial charge >= 0.3 is 12.1 Å². The van der Waals surface area contributed by atoms with Gasteiger partial charge in [0.25, 0.3) is 5.91 Å². The van der Waals surface area contributed by atoms with Crippen LogP contribution in [0.25, 0.3) is 0 Å². The molecule has 0 radical (unpaired) electrons. The van der Waals surface area contributed by atoms with Crippen LogP contribution in [-0.4, -0.2) is 110 Å². The first kappa shape index (κ1) is 42.4. The molecule has 302 valence electrons. The van der Waals surface area contributed by atoms with Crippen LogP contribution in [0.1, 0.15) is 73.7 Å². The van der Waals surface area contributed by atoms with Crippen LogP contribution in [0.15, 0.2) is 60.2 Å². The number of Topliss-reactive ketones (excluding diaryl/α,β-unsaturated/α-hetero) is 1. The fraction of sp³-hybridized carbons (Fsp3) is 0.488. The second-order valence-corrected chi connectivity index (χ2v) is 15.3. The number of esters is 1. The van der Waals surface area contributed by atoms with Crippen molar-refractivity contribution in [2.24, 2.45) is 5.92 Å². The first-order valence-corrected chi connectivity index (χ1v) is 18.7. The summed E-state index contributed by atoms with van der Waals surface area (Å²) >= 11 is 6.77. The lowest BCUT2D eigenvalue weighted by Crippen LogP contribution is -2.63. The van der Waals surface area contributed by atoms with Crippen molar-refractivity contribution >= 4 is 46.9 Å². The zero-order valence-corrected chi connectivity index (χ0v) is 33.8. The van der Waals surface area contributed by atoms with Gasteiger partial charge in [-0.2, -0.15) is 0 Å². The van der Waals surface area contributed by atoms with Crippen molar-refractivity contribution in [3.8, 4) is 5.75 Å². The van der Waals surface area contributed by atoms with E-state index in [1.54, 1.807) is 45.2 Å². The van der Waals surface area contributed by atoms with E-state index in [0.717, 1.165) is 11.1 Å². The van der Waals surface area contributed by atoms with Gasteiger partial charge in [0.15, 0.2) is 11.5 Å². The first-order chi connectivity index (χ1) is 26.3. The Labute approximate surface area is 331 Å². The molecule has 4 bridgehead atoms. The van der Waals surface area contributed by atoms with Crippen LogP contribution >= 0.6 is 11.6 Å². The molecule has 15 heteroatoms. The average Bonchev–Trinajstić information content (AvgIpc) is 3.86. The van der Waals surface area contributed by atoms with E-state index in [1.807, 2.05) is 13.0 Å². The van der Waals surface area contributed by atoms with Gasteiger partial charge in [-0.25, -0.2) is 9.59 Å². The summed E-state index contributed by atoms with van der Waals surface area (Å²) < 4.78 is 29.2. The lowest BCUT2D eigenvalue weighted by molar-refractivity contribution is -0.158. The number of benzene rings is 2. The summed E-state index contributed by atoms with van der Waals surface area (Å²) in [7, 11) is 5.91. The van der Waals surface area contributed by atoms with Crippen molar-refractivity contribution in [2.75, 3.05) is 33.2 Å². The Kier molecular flexibility index (Phi) is 12.7. The van der Waals surface area contributed by atoms with Gasteiger partial charge in [-0.1, -0.05) is 54.5 Å². The van der Waals surface area contributed by atoms with Crippen molar-refractivity contribution in [3.63, 3.8) is 0 Å². The van der Waals surface area contributed by atoms with Crippen LogP contribution in [0.3, 0.4) is 0 Å². The molecule has 0 saturated carbocycles. The Morgan fingerprint density at radius 1 is 1.12 bits per heavy atom. The molecule has 2 aromatic rings. The van der Waals surface area contributed by atoms with E-state index in [1.165, 1.54) is 69.2 Å². The maximum atomic E-state index is 14.2. The van der Waals surface area contributed by atoms with E-state index in [4.69, 9.17) is 35.3 Å². The predicted octanol–water partition coefficient (Wildman–Crippen LogP) is 5.03. The summed E-state index contributed by atoms with van der Waals surface area (Å²) in [6, 6.07) is 8.53. The highest BCUT2D eigenvalue weighted by atomic mass is 35.5. The summed E-state index contributed by atoms with van der Waals surface area (Å²) in [5.74, 6) is -2.12. The van der Waals surface area contributed by atoms with E-state index in [9.17, 15) is 29.1 Å². The normalized spacial score (nSPS) is 30.0. The highest BCUT2D eigenvalue weighted by Gasteiger charge is 2.64. The maximum absolute atomic E-state index is 14.2. The molecule has 8 atom stereocenters. The third-order valence-electron chi connectivity index (χ3n) is 11.0. The number of amides is 3. The summed E-state index contributed by atoms with van der Waals surface area (Å²) in [6.07, 6.45) is 0.651. The molecule has 2 saturated heterocycles. The molecule has 0 unspecified atom stereocenters. The zero-order chi connectivity index (χ0) is 41.3. The van der Waals surface area contributed by atoms with Crippen LogP contribution < -0.4 is 15.0 Å². The van der Waals surface area contributed by atoms with Crippen LogP contribution in [0.5, 0.6) is 5.75 Å². The van der Waals surface area contributed by atoms with E-state index in [2.05, 4.69) is 5.32 Å². The number of halogens is 1. The highest BCUT2D eigenvalue weighted by Crippen LogP contribution is 2.49. The summed E-state index contributed by atoms with van der Waals surface area (Å²) in [5, 5.41) is 14.5. The molecule has 5 rings (SSSR count). The molecule has 2 aromatic carbocycles. The summed E-state index contributed by atoms with van der Waals surface area (Å²) in [4.78, 5) is 68.7. The number of nitrogens with zero attached hydrogens (tertiary/aromatic N) is 2. The van der Waals surface area contributed by atoms with E-state index >= 15 is 0 Å². The number of nitrogens with one attached hydrogen (secondary N) is 1. The number of aliphatic hydroxyl groups is 1. The van der Waals surface area contributed by atoms with Gasteiger partial charge < -0.3 is 38.6 Å². The number of carbonyl (C=O) groups excluding carboxylic acids is 5. The molecular weight excluding hydrogens is 746 g/mol. The standard InChI is InChI=1S/C41H50ClN3O11/c1-22-11-10-12-32(53-9)41(51)21-31(54-39(50)43-41)23(2)36-40(5,56-36)33(20-34(47)45(7)29-18-26(17-22)19-30(52-8)35(29)42)55-38(49)24(3)44(6)37(48)28-15-13-27(14-16-28)25(4)46/h10-16,18-19,23-24,31-33,36,51H,17,20-21H2,1-9H3,(H,43,50)/b12-10+,22-11+/t23-,24+,31+,32-,33+,36+,40+,41+/m1/s1. The second kappa shape index (κ2) is 16.8. The number of rotatable bonds is 7. The molecule has 2 fully saturated rings. The Hall–Kier alpha value is -4.76. The number of likely N-dealkylation sites (N-methyl/N-ethyl adjacent to an activating group) is 1. The minimum Gasteiger partial charge on any atom is -0.495 e. The van der Waals surface area contributed by atoms with Gasteiger partial charge in [0, 0.05) is 44.7 Å². The summed E-state index contributed by atoms with van der Waals surface area (Å²) in [6.45, 7) is 8.31. The Morgan fingerprint density at radius 2 is 1.79 bits per heavy atom. The van der Waals surface area contributed by atoms with E-state index in [-0.39, 0.29) is 29.2 Å². The number of epoxide rings is 1. The minimum absolute atomic E-state index is 0.0744. The molecule has 14 nitrogen and oxygen atoms in total. The molecule has 56 heavy (non-hydrogen) atoms. The maximum Gasteiger partial charge on any atom is 0.409 e. The summed E-state index contributed by atoms with van der Waals surface area (Å²) in [5.41, 5.74) is -0.351. The van der Waals surface area contributed by atoms with E-state index < -0.39 is 71.6 Å². The van der Waals surface area contributed by atoms with Crippen molar-refractivity contribution in [1.29, 1.82) is 0 Å². The number of anilines is 1. The van der Waals surface area contributed by atoms with Gasteiger partial charge in [-0.15, -0.1) is 0 Å². The third-order valence-corrected chi connectivity index (χ3v) is 11.4. The molecule has 3 aliphatic rings. The number of ether oxygens (including phenoxy) is 5. The van der Waals surface area contributed by atoms with Crippen LogP contribution in [-0.2, 0) is 35.0 Å². The predicted molar refractivity (Wildman–Crippen MR) is 207 cm³/mol. The Morgan fingerprint density at radius 3 is 2.41 bits per heavy atom. The van der Waals surface area contributed by atoms with Crippen molar-refractivity contribution in [2.45, 2.75) is 95.7 Å². The minimum atomic E-state index is -1.85. The second-order valence-electron chi connectivity index (χ2n) is 14.9. The molecule has 0 spiro atoms. The molecule has 2 N–H and O–H groups in total. The van der Waals surface area contributed by atoms with E-state index in [0.29, 0.717) is 23.4 Å². The van der Waals surface area contributed by atoms with Crippen LogP contribution in [0.2, 0.25) is 5.02 Å². The SMILES string of the molecule is COc1cc2cc(c1Cl)N(C)C(=O)C[C@H](OC(=O)[C@H](C)N(C)C(=O)c1ccc(C(C)=O)cc1)[C@]1(C)O[C@H]1[C@H](C)[C@@H]1C[C@@](O)(NC(=O)O1)[C@H](OC)/C=C/C=C(\C)C2. The van der Waals surface area contributed by atoms with Crippen LogP contribution in [0.4, 0.5) is 10.5 Å². The zero-order valence-electron chi connectivity index (χ0n) is 33.1. The number of fused-ring (bicyclic) bond motifs is 5. The number of allylic oxidation sites excluding steroid dienone is 3. The lowest BCUT2D eigenvalue weighted by atomic mass is 9.83. The monoisotopic (exact) mass is 795 g/mol. The van der Waals surface area contributed by atoms with Gasteiger partial charge in [-0.05, 0) is 63.9 Å². The van der Waals surface area contributed by atoms with Gasteiger partial charge in [0.2, 0.25) is 5.91 Å². The quantitative estimate of drug-likeness (QED) is 0.219. The molecule has 0 aliphatic carbocycles. The number of carbonyl (C=O) groups is 5. The third kappa shape index (κ3) is 8.78. The number of methoxy groups -OCH3 is 2. The number of hydrogen-bond donors (Lipinski definition) is 2. The van der Waals surface area contributed by atoms with Gasteiger partial charge in [0.05, 0.1) is 25.3 Å². The Balaban J connectivity index is 1.51. The number of ketones is 1. The molecule has 3 amide bonds. The Bertz CT molecular complexity index is 1930. The highest BCUT2D eigenvalue weighted by molar-refractivity contribution is 6.35. The molecular formula is C41H50ClN3O11. The largest absolute Gasteiger partial charge is 0.495 e. The topological polar surface area (TPSA) is 174 Å².